The average molecular weight is 854 g/mol. The van der Waals surface area contributed by atoms with Crippen molar-refractivity contribution in [2.24, 2.45) is 0 Å². The van der Waals surface area contributed by atoms with Crippen LogP contribution >= 0.6 is 0 Å². The first kappa shape index (κ1) is 57.8. The van der Waals surface area contributed by atoms with Crippen molar-refractivity contribution in [1.82, 2.24) is 16.0 Å². The van der Waals surface area contributed by atoms with Gasteiger partial charge >= 0.3 is 5.97 Å². The Morgan fingerprint density at radius 2 is 0.950 bits per heavy atom. The molecule has 0 saturated carbocycles. The summed E-state index contributed by atoms with van der Waals surface area (Å²) in [5.74, 6) is -1.39. The van der Waals surface area contributed by atoms with E-state index in [4.69, 9.17) is 4.74 Å². The molecular weight excluding hydrogens is 759 g/mol. The number of carbonyl (C=O) groups excluding carboxylic acids is 4. The van der Waals surface area contributed by atoms with E-state index >= 15 is 0 Å². The summed E-state index contributed by atoms with van der Waals surface area (Å²) in [5.41, 5.74) is 0. The normalized spacial score (nSPS) is 13.4. The lowest BCUT2D eigenvalue weighted by Crippen LogP contribution is -2.48. The minimum absolute atomic E-state index is 0.0458. The fourth-order valence-corrected chi connectivity index (χ4v) is 7.75. The second-order valence-electron chi connectivity index (χ2n) is 17.5. The van der Waals surface area contributed by atoms with Crippen LogP contribution in [-0.4, -0.2) is 83.1 Å². The monoisotopic (exact) mass is 854 g/mol. The Hall–Kier alpha value is -2.24. The highest BCUT2D eigenvalue weighted by molar-refractivity contribution is 5.87. The van der Waals surface area contributed by atoms with E-state index in [9.17, 15) is 34.5 Å². The molecule has 4 atom stereocenters. The summed E-state index contributed by atoms with van der Waals surface area (Å²) in [4.78, 5) is 51.5. The number of unbranched alkanes of at least 4 members (excludes halogenated alkanes) is 24. The molecule has 0 aromatic rings. The quantitative estimate of drug-likeness (QED) is 0.0259. The minimum Gasteiger partial charge on any atom is -0.462 e. The Labute approximate surface area is 367 Å². The third kappa shape index (κ3) is 37.5. The van der Waals surface area contributed by atoms with Gasteiger partial charge in [-0.3, -0.25) is 19.2 Å². The van der Waals surface area contributed by atoms with Crippen LogP contribution in [0.3, 0.4) is 0 Å². The molecule has 354 valence electrons. The summed E-state index contributed by atoms with van der Waals surface area (Å²) in [7, 11) is 0. The number of rotatable bonds is 45. The number of aliphatic hydroxyl groups is 3. The van der Waals surface area contributed by atoms with Gasteiger partial charge in [0.15, 0.2) is 0 Å². The third-order valence-corrected chi connectivity index (χ3v) is 11.6. The van der Waals surface area contributed by atoms with Crippen LogP contribution in [0.25, 0.3) is 0 Å². The van der Waals surface area contributed by atoms with Crippen molar-refractivity contribution in [2.75, 3.05) is 19.8 Å². The van der Waals surface area contributed by atoms with Gasteiger partial charge in [-0.25, -0.2) is 0 Å². The molecule has 0 radical (unpaired) electrons. The highest BCUT2D eigenvalue weighted by atomic mass is 16.5. The van der Waals surface area contributed by atoms with E-state index in [0.29, 0.717) is 32.1 Å². The zero-order valence-corrected chi connectivity index (χ0v) is 39.1. The number of ether oxygens (including phenoxy) is 1. The van der Waals surface area contributed by atoms with Crippen LogP contribution in [0.5, 0.6) is 0 Å². The van der Waals surface area contributed by atoms with Crippen LogP contribution in [0.1, 0.15) is 245 Å². The maximum Gasteiger partial charge on any atom is 0.306 e. The van der Waals surface area contributed by atoms with Crippen LogP contribution in [-0.2, 0) is 23.9 Å². The standard InChI is InChI=1S/C49H95N3O8/c1-4-7-10-13-16-19-22-25-28-33-43(55)39-46(56)52-45(36-38-53)49(59)50-37-31-32-42(41-54)51-47(57)40-44(34-29-26-23-20-17-14-11-8-5-2)60-48(58)35-30-27-24-21-18-15-12-9-6-3/h42-45,53-55H,4-41H2,1-3H3,(H,50,59)(H,51,57)(H,52,56). The maximum absolute atomic E-state index is 13.1. The van der Waals surface area contributed by atoms with E-state index in [1.54, 1.807) is 0 Å². The van der Waals surface area contributed by atoms with Crippen LogP contribution in [0.4, 0.5) is 0 Å². The molecule has 3 amide bonds. The largest absolute Gasteiger partial charge is 0.462 e. The van der Waals surface area contributed by atoms with Gasteiger partial charge in [-0.05, 0) is 44.9 Å². The molecule has 0 bridgehead atoms. The first-order valence-electron chi connectivity index (χ1n) is 25.2. The summed E-state index contributed by atoms with van der Waals surface area (Å²) >= 11 is 0. The first-order valence-corrected chi connectivity index (χ1v) is 25.2. The predicted molar refractivity (Wildman–Crippen MR) is 246 cm³/mol. The number of amides is 3. The van der Waals surface area contributed by atoms with E-state index in [1.165, 1.54) is 116 Å². The Bertz CT molecular complexity index is 1020. The molecule has 0 aromatic carbocycles. The number of carbonyl (C=O) groups is 4. The molecule has 11 nitrogen and oxygen atoms in total. The van der Waals surface area contributed by atoms with Gasteiger partial charge in [0.2, 0.25) is 17.7 Å². The van der Waals surface area contributed by atoms with E-state index in [0.717, 1.165) is 57.8 Å². The molecule has 0 aliphatic rings. The van der Waals surface area contributed by atoms with Gasteiger partial charge in [0.1, 0.15) is 12.1 Å². The van der Waals surface area contributed by atoms with E-state index in [-0.39, 0.29) is 50.9 Å². The maximum atomic E-state index is 13.1. The number of hydrogen-bond donors (Lipinski definition) is 6. The molecule has 0 spiro atoms. The van der Waals surface area contributed by atoms with Crippen LogP contribution in [0, 0.1) is 0 Å². The fraction of sp³-hybridized carbons (Fsp3) is 0.918. The highest BCUT2D eigenvalue weighted by Crippen LogP contribution is 2.17. The second-order valence-corrected chi connectivity index (χ2v) is 17.5. The van der Waals surface area contributed by atoms with Crippen molar-refractivity contribution >= 4 is 23.7 Å². The highest BCUT2D eigenvalue weighted by Gasteiger charge is 2.23. The van der Waals surface area contributed by atoms with Crippen LogP contribution in [0.15, 0.2) is 0 Å². The lowest BCUT2D eigenvalue weighted by Gasteiger charge is -2.21. The SMILES string of the molecule is CCCCCCCCCCCC(=O)OC(CCCCCCCCCCC)CC(=O)NC(CO)CCCNC(=O)C(CCO)NC(=O)CC(O)CCCCCCCCCCC. The van der Waals surface area contributed by atoms with Gasteiger partial charge in [-0.15, -0.1) is 0 Å². The van der Waals surface area contributed by atoms with Crippen molar-refractivity contribution in [1.29, 1.82) is 0 Å². The van der Waals surface area contributed by atoms with Gasteiger partial charge < -0.3 is 36.0 Å². The molecule has 60 heavy (non-hydrogen) atoms. The number of esters is 1. The Morgan fingerprint density at radius 1 is 0.500 bits per heavy atom. The van der Waals surface area contributed by atoms with E-state index < -0.39 is 36.1 Å². The molecule has 0 aromatic heterocycles. The first-order chi connectivity index (χ1) is 29.2. The van der Waals surface area contributed by atoms with Gasteiger partial charge in [0, 0.05) is 19.6 Å². The zero-order valence-electron chi connectivity index (χ0n) is 39.1. The molecule has 0 aliphatic heterocycles. The van der Waals surface area contributed by atoms with Crippen LogP contribution in [0.2, 0.25) is 0 Å². The molecule has 0 fully saturated rings. The zero-order chi connectivity index (χ0) is 44.3. The van der Waals surface area contributed by atoms with E-state index in [2.05, 4.69) is 36.7 Å². The lowest BCUT2D eigenvalue weighted by atomic mass is 10.0. The fourth-order valence-electron chi connectivity index (χ4n) is 7.75. The summed E-state index contributed by atoms with van der Waals surface area (Å²) in [6.07, 6.45) is 32.8. The minimum atomic E-state index is -0.929. The number of nitrogens with one attached hydrogen (secondary N) is 3. The summed E-state index contributed by atoms with van der Waals surface area (Å²) in [6.45, 7) is 6.36. The third-order valence-electron chi connectivity index (χ3n) is 11.6. The summed E-state index contributed by atoms with van der Waals surface area (Å²) in [5, 5.41) is 38.3. The number of hydrogen-bond acceptors (Lipinski definition) is 8. The topological polar surface area (TPSA) is 174 Å². The predicted octanol–water partition coefficient (Wildman–Crippen LogP) is 10.0. The lowest BCUT2D eigenvalue weighted by molar-refractivity contribution is -0.151. The van der Waals surface area contributed by atoms with Gasteiger partial charge in [0.05, 0.1) is 31.6 Å². The van der Waals surface area contributed by atoms with Crippen molar-refractivity contribution in [2.45, 2.75) is 270 Å². The molecule has 0 saturated heterocycles. The summed E-state index contributed by atoms with van der Waals surface area (Å²) in [6, 6.07) is -1.46. The van der Waals surface area contributed by atoms with Crippen molar-refractivity contribution < 1.29 is 39.2 Å². The number of aliphatic hydroxyl groups excluding tert-OH is 3. The van der Waals surface area contributed by atoms with Crippen molar-refractivity contribution in [3.63, 3.8) is 0 Å². The van der Waals surface area contributed by atoms with Gasteiger partial charge in [-0.1, -0.05) is 181 Å². The Kier molecular flexibility index (Phi) is 41.8. The van der Waals surface area contributed by atoms with Crippen molar-refractivity contribution in [3.8, 4) is 0 Å². The molecule has 0 heterocycles. The molecule has 11 heteroatoms. The molecule has 6 N–H and O–H groups in total. The molecular formula is C49H95N3O8. The van der Waals surface area contributed by atoms with Gasteiger partial charge in [0.25, 0.3) is 0 Å². The smallest absolute Gasteiger partial charge is 0.306 e. The average Bonchev–Trinajstić information content (AvgIpc) is 3.22. The second kappa shape index (κ2) is 43.4. The Balaban J connectivity index is 4.73. The van der Waals surface area contributed by atoms with Gasteiger partial charge in [-0.2, -0.15) is 0 Å². The van der Waals surface area contributed by atoms with Crippen molar-refractivity contribution in [3.05, 3.63) is 0 Å². The summed E-state index contributed by atoms with van der Waals surface area (Å²) < 4.78 is 5.87. The molecule has 0 rings (SSSR count). The Morgan fingerprint density at radius 3 is 1.43 bits per heavy atom. The molecule has 0 aliphatic carbocycles. The van der Waals surface area contributed by atoms with E-state index in [1.807, 2.05) is 0 Å². The molecule has 4 unspecified atom stereocenters. The van der Waals surface area contributed by atoms with Crippen LogP contribution < -0.4 is 16.0 Å².